The van der Waals surface area contributed by atoms with Crippen LogP contribution >= 0.6 is 22.9 Å². The molecular weight excluding hydrogens is 375 g/mol. The van der Waals surface area contributed by atoms with E-state index < -0.39 is 0 Å². The first-order valence-corrected chi connectivity index (χ1v) is 10.1. The second kappa shape index (κ2) is 7.17. The normalized spacial score (nSPS) is 26.2. The maximum absolute atomic E-state index is 13.1. The smallest absolute Gasteiger partial charge is 0.141 e. The number of aliphatic hydroxyl groups excluding tert-OH is 1. The topological polar surface area (TPSA) is 45.6 Å². The van der Waals surface area contributed by atoms with Crippen LogP contribution in [0.5, 0.6) is 0 Å². The van der Waals surface area contributed by atoms with Gasteiger partial charge in [-0.3, -0.25) is 9.88 Å². The number of thiophene rings is 1. The van der Waals surface area contributed by atoms with Crippen molar-refractivity contribution in [1.82, 2.24) is 9.88 Å². The van der Waals surface area contributed by atoms with E-state index in [4.69, 9.17) is 16.3 Å². The fourth-order valence-corrected chi connectivity index (χ4v) is 5.88. The summed E-state index contributed by atoms with van der Waals surface area (Å²) in [5.41, 5.74) is 2.64. The number of hydrogen-bond donors (Lipinski definition) is 1. The molecule has 0 unspecified atom stereocenters. The number of halogens is 2. The third-order valence-corrected chi connectivity index (χ3v) is 7.28. The Bertz CT molecular complexity index is 798. The van der Waals surface area contributed by atoms with Gasteiger partial charge in [-0.05, 0) is 43.9 Å². The van der Waals surface area contributed by atoms with Gasteiger partial charge >= 0.3 is 0 Å². The molecule has 0 aliphatic carbocycles. The highest BCUT2D eigenvalue weighted by Crippen LogP contribution is 2.49. The Hall–Kier alpha value is -1.05. The number of ether oxygens (including phenoxy) is 1. The maximum atomic E-state index is 13.1. The number of aliphatic hydroxyl groups is 1. The highest BCUT2D eigenvalue weighted by atomic mass is 35.5. The molecule has 0 amide bonds. The number of nitrogens with zero attached hydrogens (tertiary/aromatic N) is 2. The molecule has 2 aliphatic rings. The molecule has 26 heavy (non-hydrogen) atoms. The number of likely N-dealkylation sites (tertiary alicyclic amines) is 1. The lowest BCUT2D eigenvalue weighted by atomic mass is 9.81. The minimum Gasteiger partial charge on any atom is -0.392 e. The lowest BCUT2D eigenvalue weighted by Gasteiger charge is -2.47. The highest BCUT2D eigenvalue weighted by molar-refractivity contribution is 7.16. The molecular formula is C19H22ClFN2O2S. The molecule has 4 heterocycles. The van der Waals surface area contributed by atoms with Crippen molar-refractivity contribution in [2.45, 2.75) is 51.0 Å². The van der Waals surface area contributed by atoms with Crippen LogP contribution < -0.4 is 0 Å². The molecule has 4 rings (SSSR count). The van der Waals surface area contributed by atoms with E-state index in [9.17, 15) is 9.50 Å². The Labute approximate surface area is 161 Å². The second-order valence-electron chi connectivity index (χ2n) is 7.15. The molecule has 2 atom stereocenters. The summed E-state index contributed by atoms with van der Waals surface area (Å²) in [5, 5.41) is 9.67. The molecule has 4 nitrogen and oxygen atoms in total. The van der Waals surface area contributed by atoms with Crippen molar-refractivity contribution >= 4 is 22.9 Å². The fourth-order valence-electron chi connectivity index (χ4n) is 4.21. The van der Waals surface area contributed by atoms with Crippen LogP contribution in [0.4, 0.5) is 4.39 Å². The zero-order chi connectivity index (χ0) is 18.3. The van der Waals surface area contributed by atoms with Crippen molar-refractivity contribution < 1.29 is 14.2 Å². The van der Waals surface area contributed by atoms with Crippen molar-refractivity contribution in [3.05, 3.63) is 50.2 Å². The minimum absolute atomic E-state index is 0.0152. The first-order valence-electron chi connectivity index (χ1n) is 8.92. The lowest BCUT2D eigenvalue weighted by Crippen LogP contribution is -2.50. The van der Waals surface area contributed by atoms with Gasteiger partial charge in [0, 0.05) is 29.6 Å². The van der Waals surface area contributed by atoms with Crippen LogP contribution in [0.2, 0.25) is 4.34 Å². The van der Waals surface area contributed by atoms with Crippen molar-refractivity contribution in [1.29, 1.82) is 0 Å². The molecule has 2 aromatic rings. The molecule has 2 aromatic heterocycles. The Balaban J connectivity index is 1.55. The van der Waals surface area contributed by atoms with Gasteiger partial charge in [0.05, 0.1) is 29.4 Å². The minimum atomic E-state index is -0.309. The summed E-state index contributed by atoms with van der Waals surface area (Å²) in [4.78, 5) is 7.75. The molecule has 140 valence electrons. The summed E-state index contributed by atoms with van der Waals surface area (Å²) >= 11 is 7.94. The van der Waals surface area contributed by atoms with Gasteiger partial charge in [0.15, 0.2) is 0 Å². The summed E-state index contributed by atoms with van der Waals surface area (Å²) in [6, 6.07) is 3.51. The first kappa shape index (κ1) is 18.3. The van der Waals surface area contributed by atoms with Gasteiger partial charge in [-0.1, -0.05) is 11.6 Å². The predicted octanol–water partition coefficient (Wildman–Crippen LogP) is 3.88. The van der Waals surface area contributed by atoms with Crippen LogP contribution in [0.25, 0.3) is 0 Å². The summed E-state index contributed by atoms with van der Waals surface area (Å²) in [6.07, 6.45) is 3.84. The van der Waals surface area contributed by atoms with Gasteiger partial charge < -0.3 is 9.84 Å². The number of piperidine rings is 1. The van der Waals surface area contributed by atoms with E-state index in [-0.39, 0.29) is 18.0 Å². The molecule has 2 aliphatic heterocycles. The molecule has 0 aromatic carbocycles. The van der Waals surface area contributed by atoms with Gasteiger partial charge in [-0.2, -0.15) is 0 Å². The molecule has 0 radical (unpaired) electrons. The summed E-state index contributed by atoms with van der Waals surface area (Å²) < 4.78 is 20.1. The third kappa shape index (κ3) is 3.18. The van der Waals surface area contributed by atoms with Crippen molar-refractivity contribution in [3.8, 4) is 0 Å². The van der Waals surface area contributed by atoms with E-state index in [0.717, 1.165) is 37.1 Å². The Morgan fingerprint density at radius 3 is 3.04 bits per heavy atom. The van der Waals surface area contributed by atoms with Crippen LogP contribution in [-0.4, -0.2) is 34.2 Å². The highest BCUT2D eigenvalue weighted by Gasteiger charge is 2.45. The molecule has 0 bridgehead atoms. The van der Waals surface area contributed by atoms with Gasteiger partial charge in [-0.15, -0.1) is 11.3 Å². The van der Waals surface area contributed by atoms with Crippen molar-refractivity contribution in [3.63, 3.8) is 0 Å². The number of hydrogen-bond acceptors (Lipinski definition) is 5. The van der Waals surface area contributed by atoms with Crippen LogP contribution in [0, 0.1) is 5.82 Å². The van der Waals surface area contributed by atoms with Crippen LogP contribution in [0.15, 0.2) is 18.3 Å². The zero-order valence-corrected chi connectivity index (χ0v) is 16.2. The van der Waals surface area contributed by atoms with E-state index in [1.165, 1.54) is 22.7 Å². The fraction of sp³-hybridized carbons (Fsp3) is 0.526. The summed E-state index contributed by atoms with van der Waals surface area (Å²) in [6.45, 7) is 4.43. The average molecular weight is 397 g/mol. The van der Waals surface area contributed by atoms with E-state index >= 15 is 0 Å². The molecule has 1 saturated heterocycles. The Kier molecular flexibility index (Phi) is 5.05. The van der Waals surface area contributed by atoms with Crippen LogP contribution in [-0.2, 0) is 29.9 Å². The number of fused-ring (bicyclic) bond motifs is 2. The van der Waals surface area contributed by atoms with E-state index in [1.807, 2.05) is 0 Å². The molecule has 1 fully saturated rings. The van der Waals surface area contributed by atoms with Gasteiger partial charge in [0.25, 0.3) is 0 Å². The first-order chi connectivity index (χ1) is 12.5. The van der Waals surface area contributed by atoms with Gasteiger partial charge in [-0.25, -0.2) is 4.39 Å². The molecule has 1 N–H and O–H groups in total. The van der Waals surface area contributed by atoms with Gasteiger partial charge in [0.1, 0.15) is 11.4 Å². The largest absolute Gasteiger partial charge is 0.392 e. The Morgan fingerprint density at radius 2 is 2.35 bits per heavy atom. The standard InChI is InChI=1S/C19H22ClFN2O2S/c1-12-8-19(5-6-23(12)10-14-3-2-13(21)9-22-14)17-15(4-7-25-19)16(11-24)18(20)26-17/h2-3,9,12,24H,4-8,10-11H2,1H3/t12-,19+/m0/s1. The van der Waals surface area contributed by atoms with Crippen molar-refractivity contribution in [2.24, 2.45) is 0 Å². The predicted molar refractivity (Wildman–Crippen MR) is 99.9 cm³/mol. The van der Waals surface area contributed by atoms with Crippen LogP contribution in [0.1, 0.15) is 41.5 Å². The average Bonchev–Trinajstić information content (AvgIpc) is 2.96. The lowest BCUT2D eigenvalue weighted by molar-refractivity contribution is -0.110. The quantitative estimate of drug-likeness (QED) is 0.855. The number of rotatable bonds is 3. The molecule has 0 saturated carbocycles. The zero-order valence-electron chi connectivity index (χ0n) is 14.7. The monoisotopic (exact) mass is 396 g/mol. The molecule has 1 spiro atoms. The van der Waals surface area contributed by atoms with E-state index in [0.29, 0.717) is 23.5 Å². The van der Waals surface area contributed by atoms with Gasteiger partial charge in [0.2, 0.25) is 0 Å². The SMILES string of the molecule is C[C@H]1C[C@@]2(CCN1Cc1ccc(F)cn1)OCCc1c2sc(Cl)c1CO. The number of aromatic nitrogens is 1. The third-order valence-electron chi connectivity index (χ3n) is 5.57. The van der Waals surface area contributed by atoms with E-state index in [1.54, 1.807) is 17.4 Å². The summed E-state index contributed by atoms with van der Waals surface area (Å²) in [7, 11) is 0. The second-order valence-corrected chi connectivity index (χ2v) is 8.78. The van der Waals surface area contributed by atoms with Crippen molar-refractivity contribution in [2.75, 3.05) is 13.2 Å². The molecule has 7 heteroatoms. The Morgan fingerprint density at radius 1 is 1.50 bits per heavy atom. The van der Waals surface area contributed by atoms with Crippen LogP contribution in [0.3, 0.4) is 0 Å². The summed E-state index contributed by atoms with van der Waals surface area (Å²) in [5.74, 6) is -0.309. The van der Waals surface area contributed by atoms with E-state index in [2.05, 4.69) is 16.8 Å². The number of pyridine rings is 1. The maximum Gasteiger partial charge on any atom is 0.141 e.